The number of carbonyl (C=O) groups excluding carboxylic acids is 6. The molecule has 408 valence electrons. The van der Waals surface area contributed by atoms with Crippen LogP contribution in [0, 0.1) is 23.7 Å². The molecule has 0 unspecified atom stereocenters. The van der Waals surface area contributed by atoms with Crippen molar-refractivity contribution in [1.82, 2.24) is 31.9 Å². The van der Waals surface area contributed by atoms with Crippen LogP contribution < -0.4 is 66.3 Å². The smallest absolute Gasteiger partial charge is 0.243 e. The Morgan fingerprint density at radius 3 is 1.41 bits per heavy atom. The fourth-order valence-electron chi connectivity index (χ4n) is 11.2. The van der Waals surface area contributed by atoms with E-state index < -0.39 is 77.6 Å². The van der Waals surface area contributed by atoms with Crippen LogP contribution in [0.5, 0.6) is 11.5 Å². The molecule has 4 aliphatic carbocycles. The SMILES string of the molecule is CC[C@H](C)[C@H](NC(=O)[C@H](CCCN=C(N)N)NC(=O)[C@H](Cc1ccc(O)cc1)NC(=O)[C@H](Cc1ccc(O)cc1)NC(=O)[C@H](CCCN=C(N)N)NC12CC3CC(CC(C3)C1)C2)C(=O)N[C@@H](CCCCN)C(N)=O. The van der Waals surface area contributed by atoms with E-state index in [2.05, 4.69) is 41.9 Å². The molecule has 20 N–H and O–H groups in total. The van der Waals surface area contributed by atoms with Crippen molar-refractivity contribution in [3.8, 4) is 11.5 Å². The molecule has 6 amide bonds. The molecule has 0 heterocycles. The molecular weight excluding hydrogens is 949 g/mol. The van der Waals surface area contributed by atoms with Gasteiger partial charge in [-0.1, -0.05) is 44.5 Å². The number of aliphatic imine (C=N–C) groups is 2. The number of benzene rings is 2. The number of aromatic hydroxyl groups is 2. The Kier molecular flexibility index (Phi) is 22.1. The van der Waals surface area contributed by atoms with E-state index in [0.29, 0.717) is 74.1 Å². The topological polar surface area (TPSA) is 396 Å². The van der Waals surface area contributed by atoms with E-state index >= 15 is 0 Å². The van der Waals surface area contributed by atoms with Gasteiger partial charge in [0.25, 0.3) is 0 Å². The van der Waals surface area contributed by atoms with Gasteiger partial charge in [0.15, 0.2) is 11.9 Å². The molecule has 4 aliphatic rings. The Bertz CT molecular complexity index is 2220. The zero-order valence-corrected chi connectivity index (χ0v) is 43.0. The van der Waals surface area contributed by atoms with Gasteiger partial charge in [-0.05, 0) is 149 Å². The predicted molar refractivity (Wildman–Crippen MR) is 282 cm³/mol. The standard InChI is InChI=1S/C52H82N14O8/c1-3-30(2)43(49(74)61-38(44(54)69)8-4-5-19-53)65-45(70)39(9-6-20-59-50(55)56)62-47(72)41(25-31-11-15-36(67)16-12-31)64-48(73)42(26-32-13-17-37(68)18-14-32)63-46(71)40(10-7-21-60-51(57)58)66-52-27-33-22-34(28-52)24-35(23-33)29-52/h11-18,30,33-35,38-43,66-68H,3-10,19-29,53H2,1-2H3,(H2,54,69)(H,61,74)(H,62,72)(H,63,71)(H,64,73)(H,65,70)(H4,55,56,59)(H4,57,58,60)/t30-,33?,34?,35?,38-,39-,40-,41-,42-,43-,52?/m0/s1. The Morgan fingerprint density at radius 1 is 0.568 bits per heavy atom. The lowest BCUT2D eigenvalue weighted by Crippen LogP contribution is -2.64. The van der Waals surface area contributed by atoms with Gasteiger partial charge in [-0.25, -0.2) is 0 Å². The molecule has 0 aromatic heterocycles. The lowest BCUT2D eigenvalue weighted by Gasteiger charge is -2.58. The summed E-state index contributed by atoms with van der Waals surface area (Å²) in [5.74, 6) is -2.94. The number of primary amides is 1. The molecule has 7 atom stereocenters. The fraction of sp³-hybridized carbons (Fsp3) is 0.615. The van der Waals surface area contributed by atoms with E-state index in [-0.39, 0.29) is 67.6 Å². The summed E-state index contributed by atoms with van der Waals surface area (Å²) in [6, 6.07) is 5.48. The summed E-state index contributed by atoms with van der Waals surface area (Å²) in [5.41, 5.74) is 34.6. The second kappa shape index (κ2) is 28.1. The highest BCUT2D eigenvalue weighted by molar-refractivity contribution is 5.97. The second-order valence-corrected chi connectivity index (χ2v) is 20.8. The van der Waals surface area contributed by atoms with Gasteiger partial charge in [-0.3, -0.25) is 38.8 Å². The average Bonchev–Trinajstić information content (AvgIpc) is 3.34. The molecule has 2 aromatic carbocycles. The average molecular weight is 1030 g/mol. The summed E-state index contributed by atoms with van der Waals surface area (Å²) in [4.78, 5) is 93.1. The van der Waals surface area contributed by atoms with Crippen LogP contribution in [0.15, 0.2) is 58.5 Å². The van der Waals surface area contributed by atoms with Gasteiger partial charge in [0.2, 0.25) is 35.4 Å². The number of hydrogen-bond acceptors (Lipinski definition) is 12. The van der Waals surface area contributed by atoms with E-state index in [9.17, 15) is 39.0 Å². The number of amides is 6. The van der Waals surface area contributed by atoms with Gasteiger partial charge in [-0.15, -0.1) is 0 Å². The zero-order valence-electron chi connectivity index (χ0n) is 43.0. The number of nitrogens with one attached hydrogen (secondary N) is 6. The van der Waals surface area contributed by atoms with Gasteiger partial charge >= 0.3 is 0 Å². The third-order valence-electron chi connectivity index (χ3n) is 14.8. The van der Waals surface area contributed by atoms with Gasteiger partial charge in [-0.2, -0.15) is 0 Å². The second-order valence-electron chi connectivity index (χ2n) is 20.8. The first-order valence-electron chi connectivity index (χ1n) is 26.2. The number of rotatable bonds is 31. The molecule has 4 saturated carbocycles. The highest BCUT2D eigenvalue weighted by Gasteiger charge is 2.52. The minimum Gasteiger partial charge on any atom is -0.508 e. The third kappa shape index (κ3) is 18.1. The Labute approximate surface area is 434 Å². The van der Waals surface area contributed by atoms with Crippen LogP contribution in [0.1, 0.15) is 115 Å². The van der Waals surface area contributed by atoms with Crippen LogP contribution in [0.25, 0.3) is 0 Å². The van der Waals surface area contributed by atoms with Crippen LogP contribution in [-0.2, 0) is 41.6 Å². The maximum atomic E-state index is 14.9. The lowest BCUT2D eigenvalue weighted by atomic mass is 9.53. The first kappa shape index (κ1) is 58.2. The summed E-state index contributed by atoms with van der Waals surface area (Å²) in [7, 11) is 0. The van der Waals surface area contributed by atoms with E-state index in [1.807, 2.05) is 6.92 Å². The van der Waals surface area contributed by atoms with Crippen molar-refractivity contribution in [3.05, 3.63) is 59.7 Å². The molecule has 6 rings (SSSR count). The molecule has 0 aliphatic heterocycles. The van der Waals surface area contributed by atoms with E-state index in [4.69, 9.17) is 34.4 Å². The van der Waals surface area contributed by atoms with E-state index in [1.54, 1.807) is 31.2 Å². The number of nitrogens with two attached hydrogens (primary N) is 6. The largest absolute Gasteiger partial charge is 0.508 e. The molecule has 0 saturated heterocycles. The molecule has 4 bridgehead atoms. The van der Waals surface area contributed by atoms with Gasteiger partial charge < -0.3 is 76.5 Å². The normalized spacial score (nSPS) is 21.3. The number of phenols is 2. The van der Waals surface area contributed by atoms with Gasteiger partial charge in [0.1, 0.15) is 41.7 Å². The summed E-state index contributed by atoms with van der Waals surface area (Å²) in [5, 5.41) is 38.2. The number of hydrogen-bond donors (Lipinski definition) is 14. The van der Waals surface area contributed by atoms with Gasteiger partial charge in [0, 0.05) is 31.5 Å². The number of nitrogens with zero attached hydrogens (tertiary/aromatic N) is 2. The number of unbranched alkanes of at least 4 members (excludes halogenated alkanes) is 1. The van der Waals surface area contributed by atoms with Crippen molar-refractivity contribution in [1.29, 1.82) is 0 Å². The predicted octanol–water partition coefficient (Wildman–Crippen LogP) is 0.00160. The molecular formula is C52H82N14O8. The highest BCUT2D eigenvalue weighted by Crippen LogP contribution is 2.55. The van der Waals surface area contributed by atoms with E-state index in [1.165, 1.54) is 43.5 Å². The van der Waals surface area contributed by atoms with Crippen molar-refractivity contribution >= 4 is 47.4 Å². The van der Waals surface area contributed by atoms with Crippen molar-refractivity contribution in [2.75, 3.05) is 19.6 Å². The maximum Gasteiger partial charge on any atom is 0.243 e. The maximum absolute atomic E-state index is 14.9. The van der Waals surface area contributed by atoms with Gasteiger partial charge in [0.05, 0.1) is 6.04 Å². The number of phenolic OH excluding ortho intramolecular Hbond substituents is 2. The molecule has 0 spiro atoms. The molecule has 0 radical (unpaired) electrons. The minimum absolute atomic E-state index is 0.00574. The third-order valence-corrected chi connectivity index (χ3v) is 14.8. The summed E-state index contributed by atoms with van der Waals surface area (Å²) >= 11 is 0. The summed E-state index contributed by atoms with van der Waals surface area (Å²) in [6.45, 7) is 4.38. The monoisotopic (exact) mass is 1030 g/mol. The fourth-order valence-corrected chi connectivity index (χ4v) is 11.2. The zero-order chi connectivity index (χ0) is 54.0. The molecule has 4 fully saturated rings. The van der Waals surface area contributed by atoms with Crippen LogP contribution in [-0.4, -0.2) is 119 Å². The molecule has 22 heteroatoms. The number of guanidine groups is 2. The van der Waals surface area contributed by atoms with Crippen molar-refractivity contribution < 1.29 is 39.0 Å². The first-order valence-corrected chi connectivity index (χ1v) is 26.2. The molecule has 2 aromatic rings. The summed E-state index contributed by atoms with van der Waals surface area (Å²) in [6.07, 6.45) is 9.24. The number of carbonyl (C=O) groups is 6. The van der Waals surface area contributed by atoms with Crippen molar-refractivity contribution in [2.24, 2.45) is 68.1 Å². The van der Waals surface area contributed by atoms with Crippen molar-refractivity contribution in [3.63, 3.8) is 0 Å². The lowest BCUT2D eigenvalue weighted by molar-refractivity contribution is -0.136. The van der Waals surface area contributed by atoms with Crippen LogP contribution >= 0.6 is 0 Å². The first-order chi connectivity index (χ1) is 35.3. The highest BCUT2D eigenvalue weighted by atomic mass is 16.3. The van der Waals surface area contributed by atoms with E-state index in [0.717, 1.165) is 19.3 Å². The van der Waals surface area contributed by atoms with Crippen LogP contribution in [0.4, 0.5) is 0 Å². The van der Waals surface area contributed by atoms with Crippen molar-refractivity contribution in [2.45, 2.75) is 158 Å². The Morgan fingerprint density at radius 2 is 0.973 bits per heavy atom. The summed E-state index contributed by atoms with van der Waals surface area (Å²) < 4.78 is 0. The minimum atomic E-state index is -1.36. The van der Waals surface area contributed by atoms with Crippen LogP contribution in [0.2, 0.25) is 0 Å². The van der Waals surface area contributed by atoms with Crippen LogP contribution in [0.3, 0.4) is 0 Å². The Hall–Kier alpha value is -6.68. The molecule has 74 heavy (non-hydrogen) atoms. The molecule has 22 nitrogen and oxygen atoms in total. The Balaban J connectivity index is 1.43. The quantitative estimate of drug-likeness (QED) is 0.0269.